The molecule has 1 atom stereocenters. The first kappa shape index (κ1) is 12.8. The van der Waals surface area contributed by atoms with Gasteiger partial charge in [-0.25, -0.2) is 8.78 Å². The molecule has 2 rings (SSSR count). The average molecular weight is 254 g/mol. The summed E-state index contributed by atoms with van der Waals surface area (Å²) in [5.74, 6) is -1.62. The van der Waals surface area contributed by atoms with Gasteiger partial charge >= 0.3 is 0 Å². The highest BCUT2D eigenvalue weighted by atomic mass is 19.1. The number of anilines is 1. The van der Waals surface area contributed by atoms with Crippen LogP contribution in [-0.4, -0.2) is 23.9 Å². The molecule has 0 aromatic heterocycles. The van der Waals surface area contributed by atoms with E-state index in [1.54, 1.807) is 4.90 Å². The number of nitrogens with zero attached hydrogens (tertiary/aromatic N) is 1. The first-order valence-electron chi connectivity index (χ1n) is 6.06. The molecule has 1 unspecified atom stereocenters. The minimum absolute atomic E-state index is 0.0240. The van der Waals surface area contributed by atoms with E-state index in [9.17, 15) is 13.6 Å². The summed E-state index contributed by atoms with van der Waals surface area (Å²) < 4.78 is 26.6. The Labute approximate surface area is 105 Å². The van der Waals surface area contributed by atoms with Crippen molar-refractivity contribution in [1.82, 2.24) is 4.90 Å². The fourth-order valence-electron chi connectivity index (χ4n) is 2.24. The zero-order valence-corrected chi connectivity index (χ0v) is 10.2. The van der Waals surface area contributed by atoms with Gasteiger partial charge in [-0.3, -0.25) is 4.79 Å². The topological polar surface area (TPSA) is 46.3 Å². The van der Waals surface area contributed by atoms with Gasteiger partial charge in [-0.2, -0.15) is 0 Å². The van der Waals surface area contributed by atoms with Crippen LogP contribution in [0, 0.1) is 17.6 Å². The van der Waals surface area contributed by atoms with Gasteiger partial charge in [0.15, 0.2) is 0 Å². The standard InChI is InChI=1S/C13H16F2N2O/c1-2-8-3-4-17(7-8)13(18)9-5-10(14)12(16)11(15)6-9/h5-6,8H,2-4,7,16H2,1H3. The molecule has 3 nitrogen and oxygen atoms in total. The molecule has 1 fully saturated rings. The lowest BCUT2D eigenvalue weighted by atomic mass is 10.1. The van der Waals surface area contributed by atoms with E-state index in [4.69, 9.17) is 5.73 Å². The van der Waals surface area contributed by atoms with Crippen LogP contribution in [0.5, 0.6) is 0 Å². The van der Waals surface area contributed by atoms with Crippen molar-refractivity contribution in [3.63, 3.8) is 0 Å². The van der Waals surface area contributed by atoms with E-state index in [-0.39, 0.29) is 11.5 Å². The second kappa shape index (κ2) is 4.92. The zero-order valence-electron chi connectivity index (χ0n) is 10.2. The summed E-state index contributed by atoms with van der Waals surface area (Å²) in [6.45, 7) is 3.37. The molecule has 1 aliphatic rings. The number of amides is 1. The Balaban J connectivity index is 2.19. The Morgan fingerprint density at radius 2 is 2.06 bits per heavy atom. The number of nitrogens with two attached hydrogens (primary N) is 1. The van der Waals surface area contributed by atoms with Crippen molar-refractivity contribution in [2.75, 3.05) is 18.8 Å². The van der Waals surface area contributed by atoms with E-state index in [1.165, 1.54) is 0 Å². The molecule has 2 N–H and O–H groups in total. The van der Waals surface area contributed by atoms with Gasteiger partial charge in [0.1, 0.15) is 17.3 Å². The smallest absolute Gasteiger partial charge is 0.254 e. The Hall–Kier alpha value is -1.65. The fourth-order valence-corrected chi connectivity index (χ4v) is 2.24. The maximum atomic E-state index is 13.3. The second-order valence-corrected chi connectivity index (χ2v) is 4.67. The monoisotopic (exact) mass is 254 g/mol. The number of benzene rings is 1. The zero-order chi connectivity index (χ0) is 13.3. The van der Waals surface area contributed by atoms with Crippen LogP contribution in [0.15, 0.2) is 12.1 Å². The molecule has 0 saturated carbocycles. The van der Waals surface area contributed by atoms with E-state index >= 15 is 0 Å². The maximum Gasteiger partial charge on any atom is 0.254 e. The van der Waals surface area contributed by atoms with Gasteiger partial charge in [-0.1, -0.05) is 13.3 Å². The van der Waals surface area contributed by atoms with Crippen molar-refractivity contribution in [2.45, 2.75) is 19.8 Å². The molecule has 1 aliphatic heterocycles. The number of rotatable bonds is 2. The highest BCUT2D eigenvalue weighted by Crippen LogP contribution is 2.23. The lowest BCUT2D eigenvalue weighted by Crippen LogP contribution is -2.29. The minimum Gasteiger partial charge on any atom is -0.394 e. The Bertz CT molecular complexity index is 453. The molecule has 0 aliphatic carbocycles. The first-order valence-corrected chi connectivity index (χ1v) is 6.06. The first-order chi connectivity index (χ1) is 8.52. The largest absolute Gasteiger partial charge is 0.394 e. The Morgan fingerprint density at radius 3 is 2.56 bits per heavy atom. The number of hydrogen-bond donors (Lipinski definition) is 1. The van der Waals surface area contributed by atoms with E-state index < -0.39 is 17.3 Å². The fraction of sp³-hybridized carbons (Fsp3) is 0.462. The summed E-state index contributed by atoms with van der Waals surface area (Å²) in [6.07, 6.45) is 1.95. The third-order valence-corrected chi connectivity index (χ3v) is 3.48. The van der Waals surface area contributed by atoms with Crippen LogP contribution in [0.1, 0.15) is 30.1 Å². The van der Waals surface area contributed by atoms with E-state index in [1.807, 2.05) is 0 Å². The van der Waals surface area contributed by atoms with Gasteiger partial charge < -0.3 is 10.6 Å². The predicted molar refractivity (Wildman–Crippen MR) is 65.1 cm³/mol. The molecule has 1 amide bonds. The number of hydrogen-bond acceptors (Lipinski definition) is 2. The molecule has 1 heterocycles. The van der Waals surface area contributed by atoms with Gasteiger partial charge in [0.05, 0.1) is 0 Å². The predicted octanol–water partition coefficient (Wildman–Crippen LogP) is 2.42. The lowest BCUT2D eigenvalue weighted by Gasteiger charge is -2.16. The average Bonchev–Trinajstić information content (AvgIpc) is 2.83. The van der Waals surface area contributed by atoms with Crippen LogP contribution in [0.25, 0.3) is 0 Å². The number of likely N-dealkylation sites (tertiary alicyclic amines) is 1. The van der Waals surface area contributed by atoms with Gasteiger partial charge in [-0.15, -0.1) is 0 Å². The summed E-state index contributed by atoms with van der Waals surface area (Å²) in [6, 6.07) is 2.00. The van der Waals surface area contributed by atoms with E-state index in [2.05, 4.69) is 6.92 Å². The number of carbonyl (C=O) groups is 1. The Morgan fingerprint density at radius 1 is 1.44 bits per heavy atom. The molecule has 1 saturated heterocycles. The maximum absolute atomic E-state index is 13.3. The molecule has 98 valence electrons. The van der Waals surface area contributed by atoms with Gasteiger partial charge in [-0.05, 0) is 24.5 Å². The van der Waals surface area contributed by atoms with Crippen molar-refractivity contribution >= 4 is 11.6 Å². The molecule has 0 bridgehead atoms. The highest BCUT2D eigenvalue weighted by molar-refractivity contribution is 5.94. The molecule has 1 aromatic carbocycles. The third-order valence-electron chi connectivity index (χ3n) is 3.48. The normalized spacial score (nSPS) is 19.3. The number of carbonyl (C=O) groups excluding carboxylic acids is 1. The van der Waals surface area contributed by atoms with Crippen molar-refractivity contribution in [1.29, 1.82) is 0 Å². The molecular weight excluding hydrogens is 238 g/mol. The van der Waals surface area contributed by atoms with Crippen molar-refractivity contribution in [3.05, 3.63) is 29.3 Å². The summed E-state index contributed by atoms with van der Waals surface area (Å²) in [7, 11) is 0. The summed E-state index contributed by atoms with van der Waals surface area (Å²) in [5.41, 5.74) is 4.65. The highest BCUT2D eigenvalue weighted by Gasteiger charge is 2.26. The summed E-state index contributed by atoms with van der Waals surface area (Å²) in [5, 5.41) is 0. The molecule has 0 radical (unpaired) electrons. The van der Waals surface area contributed by atoms with E-state index in [0.29, 0.717) is 19.0 Å². The van der Waals surface area contributed by atoms with Crippen molar-refractivity contribution in [3.8, 4) is 0 Å². The lowest BCUT2D eigenvalue weighted by molar-refractivity contribution is 0.0786. The second-order valence-electron chi connectivity index (χ2n) is 4.67. The Kier molecular flexibility index (Phi) is 3.50. The van der Waals surface area contributed by atoms with Crippen LogP contribution in [-0.2, 0) is 0 Å². The van der Waals surface area contributed by atoms with Crippen LogP contribution in [0.4, 0.5) is 14.5 Å². The molecular formula is C13H16F2N2O. The molecule has 18 heavy (non-hydrogen) atoms. The van der Waals surface area contributed by atoms with Crippen LogP contribution >= 0.6 is 0 Å². The van der Waals surface area contributed by atoms with Gasteiger partial charge in [0, 0.05) is 18.7 Å². The number of halogens is 2. The molecule has 5 heteroatoms. The van der Waals surface area contributed by atoms with Crippen LogP contribution in [0.3, 0.4) is 0 Å². The molecule has 0 spiro atoms. The molecule has 1 aromatic rings. The summed E-state index contributed by atoms with van der Waals surface area (Å²) >= 11 is 0. The summed E-state index contributed by atoms with van der Waals surface area (Å²) in [4.78, 5) is 13.7. The van der Waals surface area contributed by atoms with Crippen molar-refractivity contribution < 1.29 is 13.6 Å². The van der Waals surface area contributed by atoms with Crippen LogP contribution in [0.2, 0.25) is 0 Å². The van der Waals surface area contributed by atoms with Crippen LogP contribution < -0.4 is 5.73 Å². The van der Waals surface area contributed by atoms with E-state index in [0.717, 1.165) is 25.0 Å². The van der Waals surface area contributed by atoms with Crippen molar-refractivity contribution in [2.24, 2.45) is 5.92 Å². The van der Waals surface area contributed by atoms with Gasteiger partial charge in [0.25, 0.3) is 5.91 Å². The SMILES string of the molecule is CCC1CCN(C(=O)c2cc(F)c(N)c(F)c2)C1. The number of nitrogen functional groups attached to an aromatic ring is 1. The minimum atomic E-state index is -0.885. The van der Waals surface area contributed by atoms with Gasteiger partial charge in [0.2, 0.25) is 0 Å². The quantitative estimate of drug-likeness (QED) is 0.824. The third kappa shape index (κ3) is 2.30.